The van der Waals surface area contributed by atoms with Gasteiger partial charge >= 0.3 is 0 Å². The molecular weight excluding hydrogens is 338 g/mol. The first-order valence-electron chi connectivity index (χ1n) is 9.42. The predicted octanol–water partition coefficient (Wildman–Crippen LogP) is 4.20. The molecule has 0 aliphatic rings. The Kier molecular flexibility index (Phi) is 6.74. The van der Waals surface area contributed by atoms with E-state index in [-0.39, 0.29) is 11.9 Å². The first-order chi connectivity index (χ1) is 13.2. The third kappa shape index (κ3) is 6.06. The fourth-order valence-corrected chi connectivity index (χ4v) is 2.90. The summed E-state index contributed by atoms with van der Waals surface area (Å²) in [6.45, 7) is 2.05. The Bertz CT molecular complexity index is 831. The van der Waals surface area contributed by atoms with Crippen molar-refractivity contribution >= 4 is 5.91 Å². The maximum atomic E-state index is 12.1. The fourth-order valence-electron chi connectivity index (χ4n) is 2.90. The molecule has 0 radical (unpaired) electrons. The molecule has 0 saturated carbocycles. The molecule has 0 spiro atoms. The molecule has 3 rings (SSSR count). The third-order valence-electron chi connectivity index (χ3n) is 4.40. The second kappa shape index (κ2) is 9.67. The molecule has 1 N–H and O–H groups in total. The number of hydrogen-bond acceptors (Lipinski definition) is 4. The van der Waals surface area contributed by atoms with Crippen molar-refractivity contribution in [3.05, 3.63) is 72.1 Å². The number of aromatic nitrogens is 2. The van der Waals surface area contributed by atoms with Gasteiger partial charge in [0.1, 0.15) is 0 Å². The number of hydrogen-bond donors (Lipinski definition) is 1. The minimum Gasteiger partial charge on any atom is -0.421 e. The lowest BCUT2D eigenvalue weighted by atomic mass is 10.1. The van der Waals surface area contributed by atoms with Gasteiger partial charge in [-0.15, -0.1) is 10.2 Å². The van der Waals surface area contributed by atoms with Crippen molar-refractivity contribution in [2.45, 2.75) is 45.1 Å². The van der Waals surface area contributed by atoms with Crippen molar-refractivity contribution in [1.82, 2.24) is 15.5 Å². The van der Waals surface area contributed by atoms with Crippen LogP contribution in [0.1, 0.15) is 37.6 Å². The summed E-state index contributed by atoms with van der Waals surface area (Å²) in [5.41, 5.74) is 2.20. The van der Waals surface area contributed by atoms with Gasteiger partial charge in [0.2, 0.25) is 17.7 Å². The number of carbonyl (C=O) groups is 1. The molecule has 3 aromatic rings. The van der Waals surface area contributed by atoms with Crippen LogP contribution in [0.5, 0.6) is 0 Å². The number of amides is 1. The lowest BCUT2D eigenvalue weighted by Crippen LogP contribution is -2.32. The first-order valence-corrected chi connectivity index (χ1v) is 9.42. The van der Waals surface area contributed by atoms with E-state index in [1.54, 1.807) is 0 Å². The summed E-state index contributed by atoms with van der Waals surface area (Å²) < 4.78 is 5.67. The summed E-state index contributed by atoms with van der Waals surface area (Å²) >= 11 is 0. The van der Waals surface area contributed by atoms with Gasteiger partial charge in [-0.2, -0.15) is 0 Å². The molecule has 0 saturated heterocycles. The van der Waals surface area contributed by atoms with E-state index in [1.165, 1.54) is 5.56 Å². The molecule has 27 heavy (non-hydrogen) atoms. The zero-order chi connectivity index (χ0) is 18.9. The molecule has 0 aliphatic heterocycles. The van der Waals surface area contributed by atoms with Crippen LogP contribution in [0.3, 0.4) is 0 Å². The highest BCUT2D eigenvalue weighted by molar-refractivity contribution is 5.76. The highest BCUT2D eigenvalue weighted by atomic mass is 16.4. The molecule has 1 heterocycles. The van der Waals surface area contributed by atoms with E-state index in [4.69, 9.17) is 4.42 Å². The van der Waals surface area contributed by atoms with Crippen LogP contribution < -0.4 is 5.32 Å². The van der Waals surface area contributed by atoms with Gasteiger partial charge in [-0.3, -0.25) is 4.79 Å². The lowest BCUT2D eigenvalue weighted by Gasteiger charge is -2.13. The van der Waals surface area contributed by atoms with Gasteiger partial charge in [0.25, 0.3) is 0 Å². The SMILES string of the molecule is C[C@H](CCc1ccccc1)NC(=O)CCCc1nnc(-c2ccccc2)o1. The predicted molar refractivity (Wildman–Crippen MR) is 105 cm³/mol. The number of nitrogens with zero attached hydrogens (tertiary/aromatic N) is 2. The van der Waals surface area contributed by atoms with Gasteiger partial charge in [-0.25, -0.2) is 0 Å². The minimum atomic E-state index is 0.0679. The third-order valence-corrected chi connectivity index (χ3v) is 4.40. The van der Waals surface area contributed by atoms with Crippen LogP contribution in [0.2, 0.25) is 0 Å². The smallest absolute Gasteiger partial charge is 0.247 e. The minimum absolute atomic E-state index is 0.0679. The molecule has 5 heteroatoms. The van der Waals surface area contributed by atoms with Crippen LogP contribution in [-0.2, 0) is 17.6 Å². The largest absolute Gasteiger partial charge is 0.421 e. The van der Waals surface area contributed by atoms with E-state index < -0.39 is 0 Å². The molecule has 0 fully saturated rings. The Hall–Kier alpha value is -2.95. The highest BCUT2D eigenvalue weighted by Gasteiger charge is 2.11. The van der Waals surface area contributed by atoms with E-state index in [9.17, 15) is 4.79 Å². The standard InChI is InChI=1S/C22H25N3O2/c1-17(15-16-18-9-4-2-5-10-18)23-20(26)13-8-14-21-24-25-22(27-21)19-11-6-3-7-12-19/h2-7,9-12,17H,8,13-16H2,1H3,(H,23,26)/t17-/m1/s1. The highest BCUT2D eigenvalue weighted by Crippen LogP contribution is 2.17. The van der Waals surface area contributed by atoms with E-state index in [0.717, 1.165) is 18.4 Å². The number of benzene rings is 2. The van der Waals surface area contributed by atoms with Crippen LogP contribution >= 0.6 is 0 Å². The molecule has 1 aromatic heterocycles. The van der Waals surface area contributed by atoms with Gasteiger partial charge in [-0.05, 0) is 43.9 Å². The van der Waals surface area contributed by atoms with Crippen LogP contribution in [-0.4, -0.2) is 22.1 Å². The van der Waals surface area contributed by atoms with Gasteiger partial charge in [0.15, 0.2) is 0 Å². The molecule has 140 valence electrons. The van der Waals surface area contributed by atoms with Crippen LogP contribution in [0.25, 0.3) is 11.5 Å². The summed E-state index contributed by atoms with van der Waals surface area (Å²) in [6.07, 6.45) is 3.64. The van der Waals surface area contributed by atoms with Crippen molar-refractivity contribution in [1.29, 1.82) is 0 Å². The molecule has 0 bridgehead atoms. The Labute approximate surface area is 159 Å². The van der Waals surface area contributed by atoms with Crippen LogP contribution in [0.15, 0.2) is 65.1 Å². The average molecular weight is 363 g/mol. The number of aryl methyl sites for hydroxylation is 2. The van der Waals surface area contributed by atoms with Crippen molar-refractivity contribution in [3.63, 3.8) is 0 Å². The maximum absolute atomic E-state index is 12.1. The van der Waals surface area contributed by atoms with Gasteiger partial charge in [0, 0.05) is 24.4 Å². The summed E-state index contributed by atoms with van der Waals surface area (Å²) in [4.78, 5) is 12.1. The van der Waals surface area contributed by atoms with E-state index in [0.29, 0.717) is 31.0 Å². The van der Waals surface area contributed by atoms with Crippen LogP contribution in [0.4, 0.5) is 0 Å². The van der Waals surface area contributed by atoms with Crippen LogP contribution in [0, 0.1) is 0 Å². The van der Waals surface area contributed by atoms with Gasteiger partial charge in [-0.1, -0.05) is 48.5 Å². The summed E-state index contributed by atoms with van der Waals surface area (Å²) in [5.74, 6) is 1.15. The molecule has 0 aliphatic carbocycles. The molecular formula is C22H25N3O2. The molecule has 1 atom stereocenters. The second-order valence-corrected chi connectivity index (χ2v) is 6.71. The Balaban J connectivity index is 1.36. The molecule has 0 unspecified atom stereocenters. The zero-order valence-electron chi connectivity index (χ0n) is 15.6. The quantitative estimate of drug-likeness (QED) is 0.619. The summed E-state index contributed by atoms with van der Waals surface area (Å²) in [6, 6.07) is 20.2. The van der Waals surface area contributed by atoms with Crippen molar-refractivity contribution in [3.8, 4) is 11.5 Å². The Morgan fingerprint density at radius 3 is 2.44 bits per heavy atom. The monoisotopic (exact) mass is 363 g/mol. The molecule has 5 nitrogen and oxygen atoms in total. The fraction of sp³-hybridized carbons (Fsp3) is 0.318. The van der Waals surface area contributed by atoms with Gasteiger partial charge in [0.05, 0.1) is 0 Å². The zero-order valence-corrected chi connectivity index (χ0v) is 15.6. The average Bonchev–Trinajstić information content (AvgIpc) is 3.17. The van der Waals surface area contributed by atoms with Crippen molar-refractivity contribution < 1.29 is 9.21 Å². The van der Waals surface area contributed by atoms with Crippen molar-refractivity contribution in [2.75, 3.05) is 0 Å². The lowest BCUT2D eigenvalue weighted by molar-refractivity contribution is -0.121. The Morgan fingerprint density at radius 1 is 1.00 bits per heavy atom. The van der Waals surface area contributed by atoms with E-state index >= 15 is 0 Å². The molecule has 1 amide bonds. The second-order valence-electron chi connectivity index (χ2n) is 6.71. The van der Waals surface area contributed by atoms with E-state index in [2.05, 4.69) is 27.6 Å². The normalized spacial score (nSPS) is 11.9. The number of nitrogens with one attached hydrogen (secondary N) is 1. The summed E-state index contributed by atoms with van der Waals surface area (Å²) in [5, 5.41) is 11.2. The number of rotatable bonds is 9. The number of carbonyl (C=O) groups excluding carboxylic acids is 1. The maximum Gasteiger partial charge on any atom is 0.247 e. The summed E-state index contributed by atoms with van der Waals surface area (Å²) in [7, 11) is 0. The first kappa shape index (κ1) is 18.8. The van der Waals surface area contributed by atoms with Gasteiger partial charge < -0.3 is 9.73 Å². The Morgan fingerprint density at radius 2 is 1.70 bits per heavy atom. The van der Waals surface area contributed by atoms with E-state index in [1.807, 2.05) is 55.5 Å². The van der Waals surface area contributed by atoms with Crippen molar-refractivity contribution in [2.24, 2.45) is 0 Å². The topological polar surface area (TPSA) is 68.0 Å². The molecule has 2 aromatic carbocycles.